The van der Waals surface area contributed by atoms with Gasteiger partial charge in [-0.2, -0.15) is 0 Å². The summed E-state index contributed by atoms with van der Waals surface area (Å²) in [5.74, 6) is 0.0178. The molecule has 2 aromatic carbocycles. The van der Waals surface area contributed by atoms with Crippen LogP contribution in [0, 0.1) is 6.92 Å². The highest BCUT2D eigenvalue weighted by molar-refractivity contribution is 7.89. The van der Waals surface area contributed by atoms with E-state index in [2.05, 4.69) is 5.32 Å². The smallest absolute Gasteiger partial charge is 0.262 e. The number of primary sulfonamides is 1. The molecule has 2 aromatic rings. The Morgan fingerprint density at radius 3 is 2.35 bits per heavy atom. The van der Waals surface area contributed by atoms with Crippen LogP contribution in [-0.4, -0.2) is 26.7 Å². The van der Waals surface area contributed by atoms with Crippen molar-refractivity contribution < 1.29 is 22.7 Å². The molecule has 0 bridgehead atoms. The second-order valence-corrected chi connectivity index (χ2v) is 7.19. The normalized spacial score (nSPS) is 11.0. The van der Waals surface area contributed by atoms with Crippen LogP contribution in [0.1, 0.15) is 29.3 Å². The van der Waals surface area contributed by atoms with E-state index >= 15 is 0 Å². The molecule has 1 amide bonds. The Balaban J connectivity index is 1.98. The van der Waals surface area contributed by atoms with Crippen LogP contribution in [-0.2, 0) is 14.8 Å². The fourth-order valence-corrected chi connectivity index (χ4v) is 3.08. The van der Waals surface area contributed by atoms with Crippen molar-refractivity contribution in [2.75, 3.05) is 11.9 Å². The lowest BCUT2D eigenvalue weighted by atomic mass is 10.1. The molecule has 0 radical (unpaired) electrons. The van der Waals surface area contributed by atoms with Crippen LogP contribution in [0.5, 0.6) is 5.75 Å². The third-order valence-corrected chi connectivity index (χ3v) is 4.70. The first-order valence-electron chi connectivity index (χ1n) is 7.90. The largest absolute Gasteiger partial charge is 0.484 e. The molecule has 0 saturated carbocycles. The van der Waals surface area contributed by atoms with E-state index in [4.69, 9.17) is 9.88 Å². The summed E-state index contributed by atoms with van der Waals surface area (Å²) in [5.41, 5.74) is 1.38. The average molecular weight is 376 g/mol. The Hall–Kier alpha value is -2.71. The van der Waals surface area contributed by atoms with Gasteiger partial charge >= 0.3 is 0 Å². The summed E-state index contributed by atoms with van der Waals surface area (Å²) in [6.45, 7) is 3.13. The number of Topliss-reactive ketones (excluding diaryl/α,β-unsaturated/α-hetero) is 1. The Labute approximate surface area is 152 Å². The molecule has 0 heterocycles. The number of anilines is 1. The van der Waals surface area contributed by atoms with E-state index in [-0.39, 0.29) is 17.3 Å². The number of carbonyl (C=O) groups is 2. The number of ether oxygens (including phenoxy) is 1. The van der Waals surface area contributed by atoms with Crippen molar-refractivity contribution in [1.82, 2.24) is 0 Å². The van der Waals surface area contributed by atoms with Crippen molar-refractivity contribution in [3.8, 4) is 5.75 Å². The molecular formula is C18H20N2O5S. The minimum Gasteiger partial charge on any atom is -0.484 e. The van der Waals surface area contributed by atoms with Crippen molar-refractivity contribution in [3.05, 3.63) is 53.6 Å². The van der Waals surface area contributed by atoms with Gasteiger partial charge in [0, 0.05) is 17.7 Å². The molecule has 0 aliphatic carbocycles. The lowest BCUT2D eigenvalue weighted by Gasteiger charge is -2.10. The van der Waals surface area contributed by atoms with Crippen molar-refractivity contribution in [2.24, 2.45) is 5.14 Å². The summed E-state index contributed by atoms with van der Waals surface area (Å²) in [6, 6.07) is 10.9. The summed E-state index contributed by atoms with van der Waals surface area (Å²) in [5, 5.41) is 7.70. The van der Waals surface area contributed by atoms with Crippen LogP contribution in [0.3, 0.4) is 0 Å². The van der Waals surface area contributed by atoms with Crippen molar-refractivity contribution in [3.63, 3.8) is 0 Å². The zero-order valence-corrected chi connectivity index (χ0v) is 15.3. The molecule has 138 valence electrons. The fraction of sp³-hybridized carbons (Fsp3) is 0.222. The van der Waals surface area contributed by atoms with Crippen molar-refractivity contribution >= 4 is 27.4 Å². The van der Waals surface area contributed by atoms with E-state index < -0.39 is 15.9 Å². The summed E-state index contributed by atoms with van der Waals surface area (Å²) in [7, 11) is -3.87. The number of carbonyl (C=O) groups excluding carboxylic acids is 2. The quantitative estimate of drug-likeness (QED) is 0.719. The number of hydrogen-bond donors (Lipinski definition) is 2. The average Bonchev–Trinajstić information content (AvgIpc) is 2.60. The molecule has 0 saturated heterocycles. The van der Waals surface area contributed by atoms with E-state index in [1.165, 1.54) is 6.07 Å². The predicted molar refractivity (Wildman–Crippen MR) is 97.7 cm³/mol. The number of rotatable bonds is 7. The standard InChI is InChI=1S/C18H20N2O5S/c1-3-16(21)13-5-8-15(9-6-13)25-11-18(22)20-14-7-4-12(2)17(10-14)26(19,23)24/h4-10H,3,11H2,1-2H3,(H,20,22)(H2,19,23,24). The van der Waals surface area contributed by atoms with E-state index in [9.17, 15) is 18.0 Å². The number of hydrogen-bond acceptors (Lipinski definition) is 5. The molecule has 0 fully saturated rings. The molecular weight excluding hydrogens is 356 g/mol. The van der Waals surface area contributed by atoms with Gasteiger partial charge in [0.15, 0.2) is 12.4 Å². The van der Waals surface area contributed by atoms with Gasteiger partial charge in [0.25, 0.3) is 5.91 Å². The molecule has 2 rings (SSSR count). The topological polar surface area (TPSA) is 116 Å². The Morgan fingerprint density at radius 2 is 1.77 bits per heavy atom. The zero-order chi connectivity index (χ0) is 19.3. The van der Waals surface area contributed by atoms with Crippen molar-refractivity contribution in [2.45, 2.75) is 25.2 Å². The molecule has 0 aromatic heterocycles. The molecule has 0 spiro atoms. The highest BCUT2D eigenvalue weighted by atomic mass is 32.2. The van der Waals surface area contributed by atoms with Gasteiger partial charge in [-0.05, 0) is 48.9 Å². The van der Waals surface area contributed by atoms with Gasteiger partial charge in [-0.3, -0.25) is 9.59 Å². The van der Waals surface area contributed by atoms with Gasteiger partial charge in [-0.15, -0.1) is 0 Å². The van der Waals surface area contributed by atoms with Gasteiger partial charge in [0.2, 0.25) is 10.0 Å². The number of ketones is 1. The second kappa shape index (κ2) is 8.11. The maximum absolute atomic E-state index is 12.0. The first-order chi connectivity index (χ1) is 12.2. The number of amides is 1. The van der Waals surface area contributed by atoms with Gasteiger partial charge < -0.3 is 10.1 Å². The van der Waals surface area contributed by atoms with Crippen molar-refractivity contribution in [1.29, 1.82) is 0 Å². The lowest BCUT2D eigenvalue weighted by molar-refractivity contribution is -0.118. The summed E-state index contributed by atoms with van der Waals surface area (Å²) in [6.07, 6.45) is 0.416. The molecule has 7 nitrogen and oxygen atoms in total. The molecule has 0 aliphatic heterocycles. The van der Waals surface area contributed by atoms with Crippen LogP contribution < -0.4 is 15.2 Å². The number of nitrogens with one attached hydrogen (secondary N) is 1. The Morgan fingerprint density at radius 1 is 1.12 bits per heavy atom. The predicted octanol–water partition coefficient (Wildman–Crippen LogP) is 2.25. The van der Waals surface area contributed by atoms with E-state index in [1.807, 2.05) is 0 Å². The van der Waals surface area contributed by atoms with Gasteiger partial charge in [-0.1, -0.05) is 13.0 Å². The highest BCUT2D eigenvalue weighted by Crippen LogP contribution is 2.19. The SMILES string of the molecule is CCC(=O)c1ccc(OCC(=O)Nc2ccc(C)c(S(N)(=O)=O)c2)cc1. The summed E-state index contributed by atoms with van der Waals surface area (Å²) < 4.78 is 28.4. The molecule has 3 N–H and O–H groups in total. The van der Waals surface area contributed by atoms with Crippen LogP contribution in [0.15, 0.2) is 47.4 Å². The summed E-state index contributed by atoms with van der Waals surface area (Å²) >= 11 is 0. The first kappa shape index (κ1) is 19.6. The second-order valence-electron chi connectivity index (χ2n) is 5.66. The van der Waals surface area contributed by atoms with Gasteiger partial charge in [0.1, 0.15) is 5.75 Å². The zero-order valence-electron chi connectivity index (χ0n) is 14.5. The monoisotopic (exact) mass is 376 g/mol. The Kier molecular flexibility index (Phi) is 6.12. The molecule has 26 heavy (non-hydrogen) atoms. The molecule has 0 aliphatic rings. The Bertz CT molecular complexity index is 921. The number of sulfonamides is 1. The third-order valence-electron chi connectivity index (χ3n) is 3.65. The van der Waals surface area contributed by atoms with Crippen LogP contribution in [0.4, 0.5) is 5.69 Å². The summed E-state index contributed by atoms with van der Waals surface area (Å²) in [4.78, 5) is 23.5. The van der Waals surface area contributed by atoms with Crippen LogP contribution in [0.25, 0.3) is 0 Å². The molecule has 0 atom stereocenters. The number of benzene rings is 2. The van der Waals surface area contributed by atoms with E-state index in [1.54, 1.807) is 50.2 Å². The van der Waals surface area contributed by atoms with Gasteiger partial charge in [-0.25, -0.2) is 13.6 Å². The van der Waals surface area contributed by atoms with Gasteiger partial charge in [0.05, 0.1) is 4.90 Å². The maximum atomic E-state index is 12.0. The first-order valence-corrected chi connectivity index (χ1v) is 9.44. The number of nitrogens with two attached hydrogens (primary N) is 1. The number of aryl methyl sites for hydroxylation is 1. The minimum atomic E-state index is -3.87. The maximum Gasteiger partial charge on any atom is 0.262 e. The lowest BCUT2D eigenvalue weighted by Crippen LogP contribution is -2.21. The molecule has 0 unspecified atom stereocenters. The van der Waals surface area contributed by atoms with Crippen LogP contribution >= 0.6 is 0 Å². The minimum absolute atomic E-state index is 0.0272. The fourth-order valence-electron chi connectivity index (χ4n) is 2.27. The molecule has 8 heteroatoms. The van der Waals surface area contributed by atoms with E-state index in [0.29, 0.717) is 29.0 Å². The highest BCUT2D eigenvalue weighted by Gasteiger charge is 2.13. The third kappa shape index (κ3) is 5.14. The van der Waals surface area contributed by atoms with Crippen LogP contribution in [0.2, 0.25) is 0 Å². The van der Waals surface area contributed by atoms with E-state index in [0.717, 1.165) is 0 Å².